The van der Waals surface area contributed by atoms with Crippen LogP contribution in [0.25, 0.3) is 0 Å². The molecule has 2 rings (SSSR count). The van der Waals surface area contributed by atoms with Gasteiger partial charge in [0, 0.05) is 12.2 Å². The second-order valence-electron chi connectivity index (χ2n) is 4.66. The fraction of sp³-hybridized carbons (Fsp3) is 0.188. The fourth-order valence-corrected chi connectivity index (χ4v) is 2.02. The van der Waals surface area contributed by atoms with Crippen molar-refractivity contribution in [1.82, 2.24) is 0 Å². The van der Waals surface area contributed by atoms with Crippen molar-refractivity contribution in [2.24, 2.45) is 0 Å². The van der Waals surface area contributed by atoms with Crippen LogP contribution in [-0.2, 0) is 6.42 Å². The van der Waals surface area contributed by atoms with Gasteiger partial charge in [-0.3, -0.25) is 0 Å². The number of carboxylic acid groups (broad SMARTS) is 1. The third kappa shape index (κ3) is 3.57. The molecule has 104 valence electrons. The molecule has 0 fully saturated rings. The van der Waals surface area contributed by atoms with Crippen molar-refractivity contribution in [3.63, 3.8) is 0 Å². The van der Waals surface area contributed by atoms with Crippen molar-refractivity contribution in [2.75, 3.05) is 11.9 Å². The minimum Gasteiger partial charge on any atom is -0.478 e. The monoisotopic (exact) mass is 273 g/mol. The van der Waals surface area contributed by atoms with Gasteiger partial charge in [0.1, 0.15) is 5.82 Å². The van der Waals surface area contributed by atoms with Crippen LogP contribution in [0.1, 0.15) is 21.5 Å². The smallest absolute Gasteiger partial charge is 0.337 e. The van der Waals surface area contributed by atoms with Gasteiger partial charge in [-0.15, -0.1) is 0 Å². The van der Waals surface area contributed by atoms with Gasteiger partial charge in [-0.2, -0.15) is 0 Å². The average Bonchev–Trinajstić information content (AvgIpc) is 2.38. The van der Waals surface area contributed by atoms with Crippen molar-refractivity contribution in [3.8, 4) is 0 Å². The maximum atomic E-state index is 13.0. The first kappa shape index (κ1) is 14.1. The summed E-state index contributed by atoms with van der Waals surface area (Å²) < 4.78 is 13.0. The first-order valence-electron chi connectivity index (χ1n) is 6.38. The zero-order chi connectivity index (χ0) is 14.5. The van der Waals surface area contributed by atoms with Gasteiger partial charge in [-0.25, -0.2) is 9.18 Å². The Labute approximate surface area is 117 Å². The Kier molecular flexibility index (Phi) is 4.35. The zero-order valence-electron chi connectivity index (χ0n) is 11.2. The second-order valence-corrected chi connectivity index (χ2v) is 4.66. The molecular weight excluding hydrogens is 257 g/mol. The molecule has 2 N–H and O–H groups in total. The predicted molar refractivity (Wildman–Crippen MR) is 76.7 cm³/mol. The maximum Gasteiger partial charge on any atom is 0.337 e. The Balaban J connectivity index is 2.04. The highest BCUT2D eigenvalue weighted by Crippen LogP contribution is 2.17. The zero-order valence-corrected chi connectivity index (χ0v) is 11.2. The third-order valence-corrected chi connectivity index (χ3v) is 3.02. The lowest BCUT2D eigenvalue weighted by atomic mass is 10.1. The highest BCUT2D eigenvalue weighted by Gasteiger charge is 2.09. The number of nitrogens with one attached hydrogen (secondary N) is 1. The van der Waals surface area contributed by atoms with Gasteiger partial charge in [0.15, 0.2) is 0 Å². The minimum atomic E-state index is -0.960. The molecule has 3 nitrogen and oxygen atoms in total. The molecule has 0 amide bonds. The number of hydrogen-bond acceptors (Lipinski definition) is 2. The molecule has 0 radical (unpaired) electrons. The average molecular weight is 273 g/mol. The second kappa shape index (κ2) is 6.19. The summed E-state index contributed by atoms with van der Waals surface area (Å²) in [7, 11) is 0. The van der Waals surface area contributed by atoms with E-state index in [1.54, 1.807) is 24.3 Å². The Bertz CT molecular complexity index is 626. The van der Waals surface area contributed by atoms with E-state index in [0.29, 0.717) is 18.7 Å². The minimum absolute atomic E-state index is 0.245. The molecule has 0 aliphatic heterocycles. The lowest BCUT2D eigenvalue weighted by Gasteiger charge is -2.10. The SMILES string of the molecule is Cc1ccc(C(=O)O)c(NCCc2cccc(F)c2)c1. The molecule has 2 aromatic rings. The number of anilines is 1. The van der Waals surface area contributed by atoms with Crippen LogP contribution in [0.15, 0.2) is 42.5 Å². The molecule has 0 aliphatic rings. The van der Waals surface area contributed by atoms with Gasteiger partial charge in [0.2, 0.25) is 0 Å². The molecule has 0 aromatic heterocycles. The van der Waals surface area contributed by atoms with Crippen LogP contribution in [-0.4, -0.2) is 17.6 Å². The van der Waals surface area contributed by atoms with Crippen molar-refractivity contribution >= 4 is 11.7 Å². The summed E-state index contributed by atoms with van der Waals surface area (Å²) in [6.07, 6.45) is 0.630. The van der Waals surface area contributed by atoms with E-state index < -0.39 is 5.97 Å². The normalized spacial score (nSPS) is 10.3. The Morgan fingerprint density at radius 1 is 1.25 bits per heavy atom. The van der Waals surface area contributed by atoms with E-state index in [9.17, 15) is 9.18 Å². The molecule has 0 spiro atoms. The van der Waals surface area contributed by atoms with Gasteiger partial charge in [0.05, 0.1) is 5.56 Å². The molecule has 0 saturated carbocycles. The fourth-order valence-electron chi connectivity index (χ4n) is 2.02. The highest BCUT2D eigenvalue weighted by molar-refractivity contribution is 5.94. The summed E-state index contributed by atoms with van der Waals surface area (Å²) in [5.41, 5.74) is 2.70. The molecule has 0 heterocycles. The summed E-state index contributed by atoms with van der Waals surface area (Å²) in [6.45, 7) is 2.45. The molecular formula is C16H16FNO2. The molecule has 0 saturated heterocycles. The quantitative estimate of drug-likeness (QED) is 0.876. The topological polar surface area (TPSA) is 49.3 Å². The van der Waals surface area contributed by atoms with E-state index in [4.69, 9.17) is 5.11 Å². The lowest BCUT2D eigenvalue weighted by molar-refractivity contribution is 0.0698. The van der Waals surface area contributed by atoms with Crippen LogP contribution >= 0.6 is 0 Å². The molecule has 0 aliphatic carbocycles. The summed E-state index contributed by atoms with van der Waals surface area (Å²) in [5.74, 6) is -1.22. The Morgan fingerprint density at radius 2 is 2.05 bits per heavy atom. The molecule has 0 atom stereocenters. The maximum absolute atomic E-state index is 13.0. The van der Waals surface area contributed by atoms with Gasteiger partial charge in [0.25, 0.3) is 0 Å². The van der Waals surface area contributed by atoms with Crippen LogP contribution < -0.4 is 5.32 Å². The van der Waals surface area contributed by atoms with E-state index in [2.05, 4.69) is 5.32 Å². The molecule has 4 heteroatoms. The largest absolute Gasteiger partial charge is 0.478 e. The van der Waals surface area contributed by atoms with Crippen molar-refractivity contribution in [2.45, 2.75) is 13.3 Å². The molecule has 0 unspecified atom stereocenters. The first-order valence-corrected chi connectivity index (χ1v) is 6.38. The summed E-state index contributed by atoms with van der Waals surface area (Å²) in [4.78, 5) is 11.1. The highest BCUT2D eigenvalue weighted by atomic mass is 19.1. The summed E-state index contributed by atoms with van der Waals surface area (Å²) in [5, 5.41) is 12.2. The molecule has 20 heavy (non-hydrogen) atoms. The van der Waals surface area contributed by atoms with Crippen LogP contribution in [0.4, 0.5) is 10.1 Å². The standard InChI is InChI=1S/C16H16FNO2/c1-11-5-6-14(16(19)20)15(9-11)18-8-7-12-3-2-4-13(17)10-12/h2-6,9-10,18H,7-8H2,1H3,(H,19,20). The third-order valence-electron chi connectivity index (χ3n) is 3.02. The van der Waals surface area contributed by atoms with E-state index in [1.807, 2.05) is 13.0 Å². The number of halogens is 1. The van der Waals surface area contributed by atoms with Crippen LogP contribution in [0, 0.1) is 12.7 Å². The van der Waals surface area contributed by atoms with Gasteiger partial charge < -0.3 is 10.4 Å². The van der Waals surface area contributed by atoms with Crippen molar-refractivity contribution in [3.05, 3.63) is 65.0 Å². The number of carboxylic acids is 1. The number of benzene rings is 2. The summed E-state index contributed by atoms with van der Waals surface area (Å²) in [6, 6.07) is 11.5. The van der Waals surface area contributed by atoms with Gasteiger partial charge in [-0.05, 0) is 48.7 Å². The lowest BCUT2D eigenvalue weighted by Crippen LogP contribution is -2.09. The van der Waals surface area contributed by atoms with Crippen molar-refractivity contribution in [1.29, 1.82) is 0 Å². The number of aryl methyl sites for hydroxylation is 1. The predicted octanol–water partition coefficient (Wildman–Crippen LogP) is 3.49. The molecule has 2 aromatic carbocycles. The number of aromatic carboxylic acids is 1. The van der Waals surface area contributed by atoms with Crippen molar-refractivity contribution < 1.29 is 14.3 Å². The molecule has 0 bridgehead atoms. The van der Waals surface area contributed by atoms with Gasteiger partial charge in [-0.1, -0.05) is 18.2 Å². The van der Waals surface area contributed by atoms with E-state index in [0.717, 1.165) is 11.1 Å². The van der Waals surface area contributed by atoms with Crippen LogP contribution in [0.3, 0.4) is 0 Å². The first-order chi connectivity index (χ1) is 9.56. The Morgan fingerprint density at radius 3 is 2.75 bits per heavy atom. The van der Waals surface area contributed by atoms with Crippen LogP contribution in [0.5, 0.6) is 0 Å². The Hall–Kier alpha value is -2.36. The summed E-state index contributed by atoms with van der Waals surface area (Å²) >= 11 is 0. The van der Waals surface area contributed by atoms with E-state index >= 15 is 0 Å². The van der Waals surface area contributed by atoms with E-state index in [-0.39, 0.29) is 11.4 Å². The van der Waals surface area contributed by atoms with Gasteiger partial charge >= 0.3 is 5.97 Å². The van der Waals surface area contributed by atoms with Crippen LogP contribution in [0.2, 0.25) is 0 Å². The number of hydrogen-bond donors (Lipinski definition) is 2. The van der Waals surface area contributed by atoms with E-state index in [1.165, 1.54) is 12.1 Å². The number of carbonyl (C=O) groups is 1. The number of rotatable bonds is 5.